The minimum atomic E-state index is -1.68. The first kappa shape index (κ1) is 11.4. The van der Waals surface area contributed by atoms with Crippen LogP contribution in [-0.2, 0) is 4.79 Å². The summed E-state index contributed by atoms with van der Waals surface area (Å²) >= 11 is 0. The van der Waals surface area contributed by atoms with Gasteiger partial charge in [0.05, 0.1) is 0 Å². The summed E-state index contributed by atoms with van der Waals surface area (Å²) in [6, 6.07) is 0. The summed E-state index contributed by atoms with van der Waals surface area (Å²) in [6.45, 7) is 3.84. The highest BCUT2D eigenvalue weighted by Gasteiger charge is 2.25. The lowest BCUT2D eigenvalue weighted by atomic mass is 9.94. The van der Waals surface area contributed by atoms with Crippen molar-refractivity contribution in [1.29, 1.82) is 0 Å². The molecule has 3 heteroatoms. The smallest absolute Gasteiger partial charge is 0.338 e. The van der Waals surface area contributed by atoms with Crippen molar-refractivity contribution in [2.75, 3.05) is 0 Å². The van der Waals surface area contributed by atoms with E-state index >= 15 is 0 Å². The van der Waals surface area contributed by atoms with Crippen LogP contribution in [0.25, 0.3) is 0 Å². The monoisotopic (exact) mass is 176 g/mol. The highest BCUT2D eigenvalue weighted by atomic mass is 19.1. The Balaban J connectivity index is 3.87. The van der Waals surface area contributed by atoms with Gasteiger partial charge in [-0.25, -0.2) is 9.18 Å². The maximum Gasteiger partial charge on any atom is 0.338 e. The highest BCUT2D eigenvalue weighted by Crippen LogP contribution is 2.19. The second-order valence-corrected chi connectivity index (χ2v) is 3.05. The largest absolute Gasteiger partial charge is 0.479 e. The van der Waals surface area contributed by atoms with Crippen LogP contribution in [0.2, 0.25) is 0 Å². The van der Waals surface area contributed by atoms with Gasteiger partial charge in [-0.15, -0.1) is 0 Å². The van der Waals surface area contributed by atoms with Gasteiger partial charge in [-0.2, -0.15) is 0 Å². The Bertz CT molecular complexity index is 136. The number of carboxylic acids is 1. The number of halogens is 1. The Kier molecular flexibility index (Phi) is 5.68. The molecule has 0 bridgehead atoms. The van der Waals surface area contributed by atoms with Gasteiger partial charge in [-0.05, 0) is 12.8 Å². The van der Waals surface area contributed by atoms with E-state index < -0.39 is 12.1 Å². The summed E-state index contributed by atoms with van der Waals surface area (Å²) in [6.07, 6.45) is 1.50. The molecule has 0 fully saturated rings. The zero-order valence-electron chi connectivity index (χ0n) is 7.72. The number of carboxylic acid groups (broad SMARTS) is 1. The Hall–Kier alpha value is -0.600. The Morgan fingerprint density at radius 3 is 2.42 bits per heavy atom. The van der Waals surface area contributed by atoms with E-state index in [1.165, 1.54) is 0 Å². The lowest BCUT2D eigenvalue weighted by Crippen LogP contribution is -2.24. The average molecular weight is 176 g/mol. The average Bonchev–Trinajstić information content (AvgIpc) is 2.05. The normalized spacial score (nSPS) is 15.6. The van der Waals surface area contributed by atoms with Gasteiger partial charge in [0, 0.05) is 5.92 Å². The van der Waals surface area contributed by atoms with Gasteiger partial charge in [0.15, 0.2) is 6.17 Å². The number of aliphatic carboxylic acids is 1. The number of unbranched alkanes of at least 4 members (excludes halogenated alkanes) is 1. The summed E-state index contributed by atoms with van der Waals surface area (Å²) in [7, 11) is 0. The molecule has 2 atom stereocenters. The Morgan fingerprint density at radius 1 is 1.50 bits per heavy atom. The standard InChI is InChI=1S/C9H17FO2/c1-3-5-6-7(4-2)8(10)9(11)12/h7-8H,3-6H2,1-2H3,(H,11,12). The van der Waals surface area contributed by atoms with E-state index in [0.29, 0.717) is 12.8 Å². The van der Waals surface area contributed by atoms with Crippen molar-refractivity contribution >= 4 is 5.97 Å². The van der Waals surface area contributed by atoms with Crippen molar-refractivity contribution in [2.24, 2.45) is 5.92 Å². The highest BCUT2D eigenvalue weighted by molar-refractivity contribution is 5.72. The SMILES string of the molecule is CCCCC(CC)C(F)C(=O)O. The van der Waals surface area contributed by atoms with E-state index in [-0.39, 0.29) is 5.92 Å². The van der Waals surface area contributed by atoms with Crippen molar-refractivity contribution in [1.82, 2.24) is 0 Å². The van der Waals surface area contributed by atoms with E-state index in [0.717, 1.165) is 12.8 Å². The minimum Gasteiger partial charge on any atom is -0.479 e. The van der Waals surface area contributed by atoms with Gasteiger partial charge >= 0.3 is 5.97 Å². The fraction of sp³-hybridized carbons (Fsp3) is 0.889. The molecule has 12 heavy (non-hydrogen) atoms. The number of hydrogen-bond donors (Lipinski definition) is 1. The Morgan fingerprint density at radius 2 is 2.08 bits per heavy atom. The van der Waals surface area contributed by atoms with Gasteiger partial charge in [-0.3, -0.25) is 0 Å². The van der Waals surface area contributed by atoms with Crippen molar-refractivity contribution < 1.29 is 14.3 Å². The molecule has 0 aromatic carbocycles. The summed E-state index contributed by atoms with van der Waals surface area (Å²) in [5.74, 6) is -1.62. The number of hydrogen-bond acceptors (Lipinski definition) is 1. The molecule has 0 rings (SSSR count). The molecule has 0 aromatic heterocycles. The molecule has 0 saturated heterocycles. The maximum absolute atomic E-state index is 12.9. The van der Waals surface area contributed by atoms with Crippen molar-refractivity contribution in [3.8, 4) is 0 Å². The zero-order chi connectivity index (χ0) is 9.56. The van der Waals surface area contributed by atoms with Gasteiger partial charge < -0.3 is 5.11 Å². The number of alkyl halides is 1. The van der Waals surface area contributed by atoms with Crippen LogP contribution in [0.5, 0.6) is 0 Å². The first-order valence-corrected chi connectivity index (χ1v) is 4.50. The summed E-state index contributed by atoms with van der Waals surface area (Å²) in [4.78, 5) is 10.3. The maximum atomic E-state index is 12.9. The van der Waals surface area contributed by atoms with Crippen LogP contribution in [-0.4, -0.2) is 17.2 Å². The Labute approximate surface area is 72.8 Å². The second kappa shape index (κ2) is 5.98. The van der Waals surface area contributed by atoms with Crippen LogP contribution < -0.4 is 0 Å². The third-order valence-electron chi connectivity index (χ3n) is 2.10. The number of rotatable bonds is 6. The number of carbonyl (C=O) groups is 1. The third kappa shape index (κ3) is 3.69. The molecule has 0 aliphatic heterocycles. The molecule has 0 aromatic rings. The van der Waals surface area contributed by atoms with Crippen LogP contribution in [0.3, 0.4) is 0 Å². The quantitative estimate of drug-likeness (QED) is 0.675. The molecule has 0 saturated carbocycles. The molecular weight excluding hydrogens is 159 g/mol. The van der Waals surface area contributed by atoms with Crippen molar-refractivity contribution in [3.05, 3.63) is 0 Å². The fourth-order valence-corrected chi connectivity index (χ4v) is 1.23. The van der Waals surface area contributed by atoms with Crippen LogP contribution >= 0.6 is 0 Å². The van der Waals surface area contributed by atoms with E-state index in [1.807, 2.05) is 13.8 Å². The van der Waals surface area contributed by atoms with Crippen molar-refractivity contribution in [3.63, 3.8) is 0 Å². The fourth-order valence-electron chi connectivity index (χ4n) is 1.23. The van der Waals surface area contributed by atoms with Gasteiger partial charge in [0.1, 0.15) is 0 Å². The van der Waals surface area contributed by atoms with Gasteiger partial charge in [0.25, 0.3) is 0 Å². The van der Waals surface area contributed by atoms with Crippen LogP contribution in [0.15, 0.2) is 0 Å². The molecule has 2 unspecified atom stereocenters. The molecular formula is C9H17FO2. The minimum absolute atomic E-state index is 0.303. The molecule has 0 radical (unpaired) electrons. The first-order chi connectivity index (χ1) is 5.63. The molecule has 0 heterocycles. The topological polar surface area (TPSA) is 37.3 Å². The van der Waals surface area contributed by atoms with E-state index in [2.05, 4.69) is 0 Å². The molecule has 1 N–H and O–H groups in total. The summed E-state index contributed by atoms with van der Waals surface area (Å²) in [5, 5.41) is 8.41. The molecule has 72 valence electrons. The molecule has 0 aliphatic rings. The first-order valence-electron chi connectivity index (χ1n) is 4.50. The molecule has 2 nitrogen and oxygen atoms in total. The van der Waals surface area contributed by atoms with E-state index in [1.54, 1.807) is 0 Å². The predicted octanol–water partition coefficient (Wildman–Crippen LogP) is 2.63. The second-order valence-electron chi connectivity index (χ2n) is 3.05. The summed E-state index contributed by atoms with van der Waals surface area (Å²) < 4.78 is 12.9. The van der Waals surface area contributed by atoms with E-state index in [9.17, 15) is 9.18 Å². The lowest BCUT2D eigenvalue weighted by Gasteiger charge is -2.15. The molecule has 0 amide bonds. The van der Waals surface area contributed by atoms with Gasteiger partial charge in [0.2, 0.25) is 0 Å². The van der Waals surface area contributed by atoms with Gasteiger partial charge in [-0.1, -0.05) is 26.7 Å². The lowest BCUT2D eigenvalue weighted by molar-refractivity contribution is -0.145. The molecule has 0 aliphatic carbocycles. The predicted molar refractivity (Wildman–Crippen MR) is 45.8 cm³/mol. The van der Waals surface area contributed by atoms with Crippen molar-refractivity contribution in [2.45, 2.75) is 45.7 Å². The summed E-state index contributed by atoms with van der Waals surface area (Å²) in [5.41, 5.74) is 0. The molecule has 0 spiro atoms. The van der Waals surface area contributed by atoms with Crippen LogP contribution in [0.4, 0.5) is 4.39 Å². The van der Waals surface area contributed by atoms with Crippen LogP contribution in [0.1, 0.15) is 39.5 Å². The zero-order valence-corrected chi connectivity index (χ0v) is 7.72. The third-order valence-corrected chi connectivity index (χ3v) is 2.10. The van der Waals surface area contributed by atoms with E-state index in [4.69, 9.17) is 5.11 Å². The van der Waals surface area contributed by atoms with Crippen LogP contribution in [0, 0.1) is 5.92 Å².